The zero-order valence-electron chi connectivity index (χ0n) is 21.5. The Balaban J connectivity index is 1.16. The van der Waals surface area contributed by atoms with Gasteiger partial charge < -0.3 is 15.5 Å². The maximum absolute atomic E-state index is 13.0. The molecule has 196 valence electrons. The first-order chi connectivity index (χ1) is 17.9. The number of hydrogen-bond donors (Lipinski definition) is 2. The van der Waals surface area contributed by atoms with Gasteiger partial charge in [-0.25, -0.2) is 4.68 Å². The number of aromatic nitrogens is 4. The third-order valence-electron chi connectivity index (χ3n) is 7.60. The van der Waals surface area contributed by atoms with Gasteiger partial charge in [-0.3, -0.25) is 19.2 Å². The molecule has 2 N–H and O–H groups in total. The normalized spacial score (nSPS) is 19.8. The average molecular weight is 523 g/mol. The summed E-state index contributed by atoms with van der Waals surface area (Å²) in [5, 5.41) is 15.7. The molecule has 1 atom stereocenters. The first-order valence-corrected chi connectivity index (χ1v) is 14.0. The van der Waals surface area contributed by atoms with E-state index in [0.29, 0.717) is 18.1 Å². The molecule has 1 fully saturated rings. The molecule has 2 aliphatic heterocycles. The molecule has 0 unspecified atom stereocenters. The Labute approximate surface area is 220 Å². The molecule has 5 heterocycles. The van der Waals surface area contributed by atoms with Crippen molar-refractivity contribution in [2.24, 2.45) is 7.05 Å². The second-order valence-corrected chi connectivity index (χ2v) is 11.6. The first-order valence-electron chi connectivity index (χ1n) is 13.2. The van der Waals surface area contributed by atoms with Crippen molar-refractivity contribution in [2.45, 2.75) is 57.7 Å². The van der Waals surface area contributed by atoms with E-state index in [-0.39, 0.29) is 17.5 Å². The van der Waals surface area contributed by atoms with Crippen molar-refractivity contribution in [3.63, 3.8) is 0 Å². The van der Waals surface area contributed by atoms with Crippen LogP contribution >= 0.6 is 11.3 Å². The molecule has 11 heteroatoms. The van der Waals surface area contributed by atoms with Gasteiger partial charge in [-0.15, -0.1) is 11.3 Å². The predicted octanol–water partition coefficient (Wildman–Crippen LogP) is 2.50. The van der Waals surface area contributed by atoms with Crippen LogP contribution in [0.4, 0.5) is 17.3 Å². The molecule has 3 aromatic heterocycles. The lowest BCUT2D eigenvalue weighted by molar-refractivity contribution is 0.0937. The lowest BCUT2D eigenvalue weighted by Crippen LogP contribution is -2.48. The minimum Gasteiger partial charge on any atom is -0.353 e. The third-order valence-corrected chi connectivity index (χ3v) is 8.84. The van der Waals surface area contributed by atoms with Crippen molar-refractivity contribution in [3.05, 3.63) is 49.6 Å². The number of aryl methyl sites for hydroxylation is 3. The molecule has 0 aromatic carbocycles. The highest BCUT2D eigenvalue weighted by Crippen LogP contribution is 2.30. The molecule has 0 bridgehead atoms. The van der Waals surface area contributed by atoms with Gasteiger partial charge in [-0.05, 0) is 57.2 Å². The van der Waals surface area contributed by atoms with Crippen molar-refractivity contribution in [2.75, 3.05) is 36.9 Å². The summed E-state index contributed by atoms with van der Waals surface area (Å²) >= 11 is 1.65. The van der Waals surface area contributed by atoms with E-state index in [0.717, 1.165) is 68.3 Å². The number of amides is 1. The number of nitrogens with zero attached hydrogens (tertiary/aromatic N) is 6. The topological polar surface area (TPSA) is 100 Å². The molecular formula is C26H34N8O2S. The number of anilines is 3. The van der Waals surface area contributed by atoms with Crippen molar-refractivity contribution in [1.82, 2.24) is 29.8 Å². The largest absolute Gasteiger partial charge is 0.353 e. The maximum atomic E-state index is 13.0. The number of carbonyl (C=O) groups is 1. The van der Waals surface area contributed by atoms with Crippen molar-refractivity contribution < 1.29 is 4.79 Å². The molecule has 3 aromatic rings. The molecule has 3 aliphatic rings. The fourth-order valence-corrected chi connectivity index (χ4v) is 6.75. The number of likely N-dealkylation sites (N-methyl/N-ethyl adjacent to an activating group) is 1. The lowest BCUT2D eigenvalue weighted by atomic mass is 9.99. The zero-order valence-corrected chi connectivity index (χ0v) is 22.3. The summed E-state index contributed by atoms with van der Waals surface area (Å²) in [5.74, 6) is 1.41. The maximum Gasteiger partial charge on any atom is 0.290 e. The molecular weight excluding hydrogens is 488 g/mol. The zero-order chi connectivity index (χ0) is 25.5. The van der Waals surface area contributed by atoms with E-state index in [4.69, 9.17) is 0 Å². The number of carbonyl (C=O) groups excluding carboxylic acids is 1. The number of rotatable bonds is 5. The first kappa shape index (κ1) is 24.2. The minimum absolute atomic E-state index is 0.0245. The molecule has 37 heavy (non-hydrogen) atoms. The highest BCUT2D eigenvalue weighted by molar-refractivity contribution is 7.14. The van der Waals surface area contributed by atoms with Gasteiger partial charge in [0.05, 0.1) is 17.1 Å². The van der Waals surface area contributed by atoms with E-state index in [1.165, 1.54) is 28.0 Å². The van der Waals surface area contributed by atoms with Crippen LogP contribution in [-0.2, 0) is 33.0 Å². The Morgan fingerprint density at radius 1 is 1.05 bits per heavy atom. The minimum atomic E-state index is -0.199. The van der Waals surface area contributed by atoms with Crippen LogP contribution in [0.3, 0.4) is 0 Å². The van der Waals surface area contributed by atoms with Crippen LogP contribution in [0.25, 0.3) is 0 Å². The molecule has 0 saturated carbocycles. The SMILES string of the molecule is CN1CCn2nc(Nc3cc(N4CCC[C@@H](NC(=O)c5cc6c(s5)CCCC6)C4)nn(C)c3=O)cc2C1. The predicted molar refractivity (Wildman–Crippen MR) is 145 cm³/mol. The summed E-state index contributed by atoms with van der Waals surface area (Å²) in [4.78, 5) is 32.5. The lowest BCUT2D eigenvalue weighted by Gasteiger charge is -2.34. The van der Waals surface area contributed by atoms with Crippen LogP contribution in [0.2, 0.25) is 0 Å². The van der Waals surface area contributed by atoms with Gasteiger partial charge in [0.1, 0.15) is 5.69 Å². The standard InChI is InChI=1S/C26H34N8O2S/c1-31-10-11-34-19(16-31)13-23(29-34)28-20-14-24(30-32(2)26(20)36)33-9-5-7-18(15-33)27-25(35)22-12-17-6-3-4-8-21(17)37-22/h12-14,18H,3-11,15-16H2,1-2H3,(H,27,35)(H,28,29)/t18-/m1/s1. The van der Waals surface area contributed by atoms with Crippen LogP contribution in [0, 0.1) is 0 Å². The van der Waals surface area contributed by atoms with Gasteiger partial charge in [-0.2, -0.15) is 10.2 Å². The van der Waals surface area contributed by atoms with Crippen LogP contribution in [0.1, 0.15) is 51.5 Å². The number of piperidine rings is 1. The number of thiophene rings is 1. The Hall–Kier alpha value is -3.18. The highest BCUT2D eigenvalue weighted by Gasteiger charge is 2.26. The molecule has 1 amide bonds. The van der Waals surface area contributed by atoms with Crippen molar-refractivity contribution in [1.29, 1.82) is 0 Å². The molecule has 1 aliphatic carbocycles. The van der Waals surface area contributed by atoms with Crippen LogP contribution < -0.4 is 21.1 Å². The van der Waals surface area contributed by atoms with Gasteiger partial charge in [0.25, 0.3) is 11.5 Å². The van der Waals surface area contributed by atoms with E-state index in [2.05, 4.69) is 43.7 Å². The van der Waals surface area contributed by atoms with E-state index < -0.39 is 0 Å². The quantitative estimate of drug-likeness (QED) is 0.531. The van der Waals surface area contributed by atoms with E-state index >= 15 is 0 Å². The third kappa shape index (κ3) is 5.02. The van der Waals surface area contributed by atoms with E-state index in [1.54, 1.807) is 18.4 Å². The number of fused-ring (bicyclic) bond motifs is 2. The van der Waals surface area contributed by atoms with E-state index in [1.807, 2.05) is 16.8 Å². The summed E-state index contributed by atoms with van der Waals surface area (Å²) in [7, 11) is 3.77. The summed E-state index contributed by atoms with van der Waals surface area (Å²) in [6.45, 7) is 4.12. The summed E-state index contributed by atoms with van der Waals surface area (Å²) in [5.41, 5.74) is 2.73. The molecule has 6 rings (SSSR count). The smallest absolute Gasteiger partial charge is 0.290 e. The second-order valence-electron chi connectivity index (χ2n) is 10.5. The fourth-order valence-electron chi connectivity index (χ4n) is 5.60. The number of hydrogen-bond acceptors (Lipinski definition) is 8. The molecule has 1 saturated heterocycles. The van der Waals surface area contributed by atoms with Crippen LogP contribution in [0.5, 0.6) is 0 Å². The summed E-state index contributed by atoms with van der Waals surface area (Å²) < 4.78 is 3.37. The van der Waals surface area contributed by atoms with Crippen molar-refractivity contribution in [3.8, 4) is 0 Å². The van der Waals surface area contributed by atoms with Gasteiger partial charge in [0.15, 0.2) is 11.6 Å². The molecule has 0 spiro atoms. The van der Waals surface area contributed by atoms with Crippen LogP contribution in [0.15, 0.2) is 23.0 Å². The number of nitrogens with one attached hydrogen (secondary N) is 2. The highest BCUT2D eigenvalue weighted by atomic mass is 32.1. The van der Waals surface area contributed by atoms with Crippen molar-refractivity contribution >= 4 is 34.6 Å². The second kappa shape index (κ2) is 9.94. The van der Waals surface area contributed by atoms with Gasteiger partial charge >= 0.3 is 0 Å². The van der Waals surface area contributed by atoms with Crippen LogP contribution in [-0.4, -0.2) is 63.1 Å². The Morgan fingerprint density at radius 3 is 2.78 bits per heavy atom. The fraction of sp³-hybridized carbons (Fsp3) is 0.538. The van der Waals surface area contributed by atoms with Gasteiger partial charge in [0, 0.05) is 56.3 Å². The van der Waals surface area contributed by atoms with E-state index in [9.17, 15) is 9.59 Å². The van der Waals surface area contributed by atoms with Gasteiger partial charge in [0.2, 0.25) is 0 Å². The van der Waals surface area contributed by atoms with Gasteiger partial charge in [-0.1, -0.05) is 0 Å². The summed E-state index contributed by atoms with van der Waals surface area (Å²) in [6.07, 6.45) is 6.49. The Kier molecular flexibility index (Phi) is 6.49. The molecule has 10 nitrogen and oxygen atoms in total. The Morgan fingerprint density at radius 2 is 1.92 bits per heavy atom. The summed E-state index contributed by atoms with van der Waals surface area (Å²) in [6, 6.07) is 5.94. The Bertz CT molecular complexity index is 1350. The molecule has 0 radical (unpaired) electrons. The average Bonchev–Trinajstić information content (AvgIpc) is 3.50. The monoisotopic (exact) mass is 522 g/mol.